The normalized spacial score (nSPS) is 33.7. The van der Waals surface area contributed by atoms with E-state index in [-0.39, 0.29) is 11.1 Å². The Kier molecular flexibility index (Phi) is 5.29. The highest BCUT2D eigenvalue weighted by Gasteiger charge is 2.62. The first-order chi connectivity index (χ1) is 12.8. The number of aromatic nitrogens is 2. The van der Waals surface area contributed by atoms with Gasteiger partial charge >= 0.3 is 5.69 Å². The third-order valence-electron chi connectivity index (χ3n) is 6.70. The Bertz CT molecular complexity index is 857. The fraction of sp³-hybridized carbons (Fsp3) is 0.789. The third kappa shape index (κ3) is 3.33. The summed E-state index contributed by atoms with van der Waals surface area (Å²) in [6, 6.07) is 0. The first kappa shape index (κ1) is 21.4. The number of aliphatic hydroxyl groups excluding tert-OH is 2. The molecule has 0 aromatic carbocycles. The molecule has 0 bridgehead atoms. The van der Waals surface area contributed by atoms with Gasteiger partial charge in [-0.2, -0.15) is 0 Å². The van der Waals surface area contributed by atoms with Crippen LogP contribution in [0, 0.1) is 6.92 Å². The van der Waals surface area contributed by atoms with Gasteiger partial charge in [0.05, 0.1) is 6.10 Å². The largest absolute Gasteiger partial charge is 0.411 e. The van der Waals surface area contributed by atoms with E-state index in [1.165, 1.54) is 6.20 Å². The van der Waals surface area contributed by atoms with Crippen molar-refractivity contribution >= 4 is 8.32 Å². The van der Waals surface area contributed by atoms with E-state index in [0.29, 0.717) is 12.0 Å². The Labute approximate surface area is 165 Å². The zero-order valence-electron chi connectivity index (χ0n) is 17.5. The van der Waals surface area contributed by atoms with Crippen molar-refractivity contribution in [2.75, 3.05) is 0 Å². The van der Waals surface area contributed by atoms with Crippen molar-refractivity contribution in [3.8, 4) is 0 Å². The zero-order valence-corrected chi connectivity index (χ0v) is 18.5. The molecule has 8 nitrogen and oxygen atoms in total. The van der Waals surface area contributed by atoms with E-state index in [9.17, 15) is 19.8 Å². The highest BCUT2D eigenvalue weighted by atomic mass is 28.4. The molecule has 2 fully saturated rings. The molecule has 1 spiro atoms. The van der Waals surface area contributed by atoms with Crippen LogP contribution >= 0.6 is 0 Å². The van der Waals surface area contributed by atoms with Gasteiger partial charge in [0.2, 0.25) is 0 Å². The maximum Gasteiger partial charge on any atom is 0.330 e. The molecule has 1 aromatic rings. The highest BCUT2D eigenvalue weighted by Crippen LogP contribution is 2.50. The summed E-state index contributed by atoms with van der Waals surface area (Å²) < 4.78 is 13.9. The maximum absolute atomic E-state index is 12.3. The molecule has 2 aliphatic rings. The summed E-state index contributed by atoms with van der Waals surface area (Å²) in [6.07, 6.45) is -0.500. The second-order valence-corrected chi connectivity index (χ2v) is 14.4. The molecule has 2 heterocycles. The number of aryl methyl sites for hydroxylation is 1. The van der Waals surface area contributed by atoms with Crippen LogP contribution in [0.5, 0.6) is 0 Å². The maximum atomic E-state index is 12.3. The Balaban J connectivity index is 1.96. The highest BCUT2D eigenvalue weighted by molar-refractivity contribution is 6.74. The summed E-state index contributed by atoms with van der Waals surface area (Å²) in [5, 5.41) is 21.7. The minimum atomic E-state index is -2.13. The SMILES string of the molecule is Cc1cn([C@@H]2O[C@@]3(CCC[C@@H]3O[Si](C)(C)C(C)(C)C)[C@@H](O)[C@H]2O)c(=O)[nH]c1=O. The summed E-state index contributed by atoms with van der Waals surface area (Å²) >= 11 is 0. The van der Waals surface area contributed by atoms with Crippen LogP contribution in [0.4, 0.5) is 0 Å². The van der Waals surface area contributed by atoms with Crippen LogP contribution in [-0.2, 0) is 9.16 Å². The third-order valence-corrected chi connectivity index (χ3v) is 11.2. The number of H-pyrrole nitrogens is 1. The molecule has 1 saturated heterocycles. The summed E-state index contributed by atoms with van der Waals surface area (Å²) in [6.45, 7) is 12.3. The van der Waals surface area contributed by atoms with Crippen LogP contribution in [0.2, 0.25) is 18.1 Å². The predicted molar refractivity (Wildman–Crippen MR) is 107 cm³/mol. The number of nitrogens with zero attached hydrogens (tertiary/aromatic N) is 1. The molecule has 3 rings (SSSR count). The van der Waals surface area contributed by atoms with Gasteiger partial charge in [0.25, 0.3) is 5.56 Å². The van der Waals surface area contributed by atoms with Gasteiger partial charge in [-0.1, -0.05) is 20.8 Å². The van der Waals surface area contributed by atoms with Gasteiger partial charge < -0.3 is 19.4 Å². The predicted octanol–water partition coefficient (Wildman–Crippen LogP) is 1.41. The van der Waals surface area contributed by atoms with Gasteiger partial charge in [-0.05, 0) is 44.3 Å². The Morgan fingerprint density at radius 3 is 2.57 bits per heavy atom. The molecule has 9 heteroatoms. The molecule has 1 saturated carbocycles. The topological polar surface area (TPSA) is 114 Å². The minimum Gasteiger partial charge on any atom is -0.411 e. The van der Waals surface area contributed by atoms with Crippen LogP contribution in [-0.4, -0.2) is 52.0 Å². The van der Waals surface area contributed by atoms with E-state index in [1.54, 1.807) is 6.92 Å². The van der Waals surface area contributed by atoms with E-state index in [0.717, 1.165) is 17.4 Å². The summed E-state index contributed by atoms with van der Waals surface area (Å²) in [4.78, 5) is 26.2. The molecule has 5 atom stereocenters. The number of aromatic amines is 1. The van der Waals surface area contributed by atoms with Gasteiger partial charge in [-0.15, -0.1) is 0 Å². The van der Waals surface area contributed by atoms with Gasteiger partial charge in [-0.25, -0.2) is 4.79 Å². The van der Waals surface area contributed by atoms with E-state index in [4.69, 9.17) is 9.16 Å². The van der Waals surface area contributed by atoms with Crippen molar-refractivity contribution in [1.29, 1.82) is 0 Å². The molecular formula is C19H32N2O6Si. The second kappa shape index (κ2) is 6.91. The van der Waals surface area contributed by atoms with Crippen LogP contribution in [0.15, 0.2) is 15.8 Å². The van der Waals surface area contributed by atoms with Crippen molar-refractivity contribution in [2.45, 2.75) is 95.2 Å². The monoisotopic (exact) mass is 412 g/mol. The fourth-order valence-electron chi connectivity index (χ4n) is 3.94. The quantitative estimate of drug-likeness (QED) is 0.647. The Hall–Kier alpha value is -1.26. The molecule has 28 heavy (non-hydrogen) atoms. The minimum absolute atomic E-state index is 0.00861. The average Bonchev–Trinajstić information content (AvgIpc) is 3.07. The molecule has 158 valence electrons. The lowest BCUT2D eigenvalue weighted by Crippen LogP contribution is -2.55. The Morgan fingerprint density at radius 2 is 1.96 bits per heavy atom. The standard InChI is InChI=1S/C19H32N2O6Si/c1-11-10-21(17(25)20-15(11)24)16-13(22)14(23)19(26-16)9-7-8-12(19)27-28(5,6)18(2,3)4/h10,12-14,16,22-23H,7-9H2,1-6H3,(H,20,24,25)/t12-,13+,14-,16+,19+/m0/s1. The zero-order chi connectivity index (χ0) is 21.1. The van der Waals surface area contributed by atoms with Gasteiger partial charge in [0, 0.05) is 11.8 Å². The number of nitrogens with one attached hydrogen (secondary N) is 1. The molecule has 0 radical (unpaired) electrons. The summed E-state index contributed by atoms with van der Waals surface area (Å²) in [5.41, 5.74) is -1.90. The van der Waals surface area contributed by atoms with Crippen molar-refractivity contribution in [1.82, 2.24) is 9.55 Å². The van der Waals surface area contributed by atoms with E-state index in [2.05, 4.69) is 38.8 Å². The van der Waals surface area contributed by atoms with Gasteiger partial charge in [0.15, 0.2) is 14.5 Å². The number of aliphatic hydroxyl groups is 2. The Morgan fingerprint density at radius 1 is 1.32 bits per heavy atom. The van der Waals surface area contributed by atoms with E-state index >= 15 is 0 Å². The molecule has 1 aliphatic heterocycles. The number of hydrogen-bond acceptors (Lipinski definition) is 6. The number of rotatable bonds is 3. The van der Waals surface area contributed by atoms with Crippen LogP contribution in [0.1, 0.15) is 51.8 Å². The first-order valence-corrected chi connectivity index (χ1v) is 12.7. The lowest BCUT2D eigenvalue weighted by molar-refractivity contribution is -0.145. The van der Waals surface area contributed by atoms with Crippen molar-refractivity contribution in [3.63, 3.8) is 0 Å². The summed E-state index contributed by atoms with van der Waals surface area (Å²) in [5.74, 6) is 0. The fourth-order valence-corrected chi connectivity index (χ4v) is 5.32. The summed E-state index contributed by atoms with van der Waals surface area (Å²) in [7, 11) is -2.13. The van der Waals surface area contributed by atoms with Crippen molar-refractivity contribution in [2.24, 2.45) is 0 Å². The molecule has 0 amide bonds. The van der Waals surface area contributed by atoms with Crippen molar-refractivity contribution < 1.29 is 19.4 Å². The van der Waals surface area contributed by atoms with Crippen LogP contribution < -0.4 is 11.2 Å². The molecule has 1 aliphatic carbocycles. The van der Waals surface area contributed by atoms with Crippen molar-refractivity contribution in [3.05, 3.63) is 32.6 Å². The lowest BCUT2D eigenvalue weighted by atomic mass is 9.91. The smallest absolute Gasteiger partial charge is 0.330 e. The van der Waals surface area contributed by atoms with Crippen LogP contribution in [0.25, 0.3) is 0 Å². The van der Waals surface area contributed by atoms with E-state index < -0.39 is 43.6 Å². The van der Waals surface area contributed by atoms with Gasteiger partial charge in [-0.3, -0.25) is 14.3 Å². The van der Waals surface area contributed by atoms with Gasteiger partial charge in [0.1, 0.15) is 17.8 Å². The molecule has 3 N–H and O–H groups in total. The van der Waals surface area contributed by atoms with E-state index in [1.807, 2.05) is 0 Å². The lowest BCUT2D eigenvalue weighted by Gasteiger charge is -2.43. The first-order valence-electron chi connectivity index (χ1n) is 9.84. The number of ether oxygens (including phenoxy) is 1. The van der Waals surface area contributed by atoms with Crippen LogP contribution in [0.3, 0.4) is 0 Å². The molecular weight excluding hydrogens is 380 g/mol. The molecule has 1 aromatic heterocycles. The average molecular weight is 413 g/mol. The second-order valence-electron chi connectivity index (χ2n) is 9.64. The number of hydrogen-bond donors (Lipinski definition) is 3. The molecule has 0 unspecified atom stereocenters.